The molecule has 0 heterocycles. The van der Waals surface area contributed by atoms with Crippen LogP contribution in [0.2, 0.25) is 0 Å². The number of ether oxygens (including phenoxy) is 10. The molecule has 464 valence electrons. The molecule has 0 aliphatic carbocycles. The number of carbonyl (C=O) groups excluding carboxylic acids is 7. The lowest BCUT2D eigenvalue weighted by molar-refractivity contribution is -0.138. The molecule has 5 aromatic carbocycles. The molecular formula is C70H82O17. The fourth-order valence-electron chi connectivity index (χ4n) is 8.61. The molecule has 0 aliphatic rings. The van der Waals surface area contributed by atoms with Crippen molar-refractivity contribution >= 4 is 41.8 Å². The number of esters is 7. The lowest BCUT2D eigenvalue weighted by Crippen LogP contribution is -2.14. The Kier molecular flexibility index (Phi) is 32.5. The molecule has 87 heavy (non-hydrogen) atoms. The molecule has 17 heteroatoms. The zero-order valence-electron chi connectivity index (χ0n) is 49.9. The van der Waals surface area contributed by atoms with Crippen molar-refractivity contribution in [2.45, 2.75) is 135 Å². The number of hydrogen-bond acceptors (Lipinski definition) is 17. The van der Waals surface area contributed by atoms with E-state index in [1.165, 1.54) is 30.4 Å². The van der Waals surface area contributed by atoms with Crippen LogP contribution in [-0.2, 0) is 39.9 Å². The van der Waals surface area contributed by atoms with E-state index in [-0.39, 0.29) is 46.5 Å². The molecule has 0 aliphatic heterocycles. The molecule has 0 spiro atoms. The summed E-state index contributed by atoms with van der Waals surface area (Å²) in [6, 6.07) is 30.0. The Hall–Kier alpha value is -8.99. The zero-order chi connectivity index (χ0) is 62.1. The molecule has 5 rings (SSSR count). The van der Waals surface area contributed by atoms with Crippen molar-refractivity contribution < 1.29 is 80.9 Å². The number of carbonyl (C=O) groups is 7. The highest BCUT2D eigenvalue weighted by atomic mass is 16.6. The predicted octanol–water partition coefficient (Wildman–Crippen LogP) is 14.8. The molecule has 5 aromatic rings. The fraction of sp³-hybridized carbons (Fsp3) is 0.386. The van der Waals surface area contributed by atoms with Crippen LogP contribution < -0.4 is 28.4 Å². The Morgan fingerprint density at radius 1 is 0.299 bits per heavy atom. The molecule has 0 amide bonds. The third-order valence-electron chi connectivity index (χ3n) is 13.5. The number of hydrogen-bond donors (Lipinski definition) is 0. The first-order valence-electron chi connectivity index (χ1n) is 30.1. The van der Waals surface area contributed by atoms with Crippen LogP contribution in [0, 0.1) is 0 Å². The first kappa shape index (κ1) is 68.8. The maximum atomic E-state index is 13.9. The van der Waals surface area contributed by atoms with Crippen LogP contribution >= 0.6 is 0 Å². The summed E-state index contributed by atoms with van der Waals surface area (Å²) < 4.78 is 55.4. The van der Waals surface area contributed by atoms with Gasteiger partial charge in [0, 0.05) is 18.2 Å². The Balaban J connectivity index is 1.11. The molecule has 0 saturated heterocycles. The highest BCUT2D eigenvalue weighted by Gasteiger charge is 2.22. The van der Waals surface area contributed by atoms with Crippen molar-refractivity contribution in [1.29, 1.82) is 0 Å². The highest BCUT2D eigenvalue weighted by molar-refractivity contribution is 5.97. The van der Waals surface area contributed by atoms with Crippen LogP contribution in [0.5, 0.6) is 34.5 Å². The molecule has 0 radical (unpaired) electrons. The van der Waals surface area contributed by atoms with E-state index in [2.05, 4.69) is 19.7 Å². The van der Waals surface area contributed by atoms with E-state index in [9.17, 15) is 33.6 Å². The van der Waals surface area contributed by atoms with Gasteiger partial charge in [-0.2, -0.15) is 0 Å². The predicted molar refractivity (Wildman–Crippen MR) is 328 cm³/mol. The molecule has 0 bridgehead atoms. The van der Waals surface area contributed by atoms with E-state index in [4.69, 9.17) is 47.4 Å². The van der Waals surface area contributed by atoms with E-state index in [1.54, 1.807) is 97.1 Å². The molecular weight excluding hydrogens is 1110 g/mol. The average molecular weight is 1200 g/mol. The first-order valence-corrected chi connectivity index (χ1v) is 30.1. The minimum absolute atomic E-state index is 0.00871. The van der Waals surface area contributed by atoms with Gasteiger partial charge in [0.25, 0.3) is 0 Å². The maximum absolute atomic E-state index is 13.9. The van der Waals surface area contributed by atoms with E-state index in [0.717, 1.165) is 134 Å². The van der Waals surface area contributed by atoms with Crippen molar-refractivity contribution in [2.75, 3.05) is 39.6 Å². The van der Waals surface area contributed by atoms with Gasteiger partial charge in [-0.1, -0.05) is 109 Å². The largest absolute Gasteiger partial charge is 0.494 e. The van der Waals surface area contributed by atoms with E-state index < -0.39 is 35.8 Å². The van der Waals surface area contributed by atoms with Crippen molar-refractivity contribution in [3.63, 3.8) is 0 Å². The third kappa shape index (κ3) is 28.2. The number of rotatable bonds is 44. The summed E-state index contributed by atoms with van der Waals surface area (Å²) in [4.78, 5) is 87.3. The van der Waals surface area contributed by atoms with Gasteiger partial charge in [0.15, 0.2) is 0 Å². The summed E-state index contributed by atoms with van der Waals surface area (Å²) in [6.45, 7) is 12.7. The van der Waals surface area contributed by atoms with Gasteiger partial charge < -0.3 is 47.4 Å². The summed E-state index contributed by atoms with van der Waals surface area (Å²) in [6.07, 6.45) is 23.2. The second kappa shape index (κ2) is 41.1. The van der Waals surface area contributed by atoms with Gasteiger partial charge in [0.05, 0.1) is 56.3 Å². The van der Waals surface area contributed by atoms with Gasteiger partial charge in [0.2, 0.25) is 0 Å². The van der Waals surface area contributed by atoms with Crippen molar-refractivity contribution in [3.05, 3.63) is 181 Å². The first-order chi connectivity index (χ1) is 42.4. The van der Waals surface area contributed by atoms with Crippen LogP contribution in [0.15, 0.2) is 153 Å². The smallest absolute Gasteiger partial charge is 0.343 e. The molecule has 0 atom stereocenters. The van der Waals surface area contributed by atoms with E-state index in [0.29, 0.717) is 68.0 Å². The number of unbranched alkanes of at least 4 members (excludes halogenated alkanes) is 17. The van der Waals surface area contributed by atoms with Crippen molar-refractivity contribution in [2.24, 2.45) is 0 Å². The molecule has 0 saturated carbocycles. The second-order valence-corrected chi connectivity index (χ2v) is 20.4. The van der Waals surface area contributed by atoms with Crippen LogP contribution in [0.25, 0.3) is 0 Å². The second-order valence-electron chi connectivity index (χ2n) is 20.4. The molecule has 17 nitrogen and oxygen atoms in total. The molecule has 0 N–H and O–H groups in total. The van der Waals surface area contributed by atoms with E-state index >= 15 is 0 Å². The Morgan fingerprint density at radius 2 is 0.598 bits per heavy atom. The Labute approximate surface area is 510 Å². The average Bonchev–Trinajstić information content (AvgIpc) is 3.74. The summed E-state index contributed by atoms with van der Waals surface area (Å²) in [7, 11) is 0. The highest BCUT2D eigenvalue weighted by Crippen LogP contribution is 2.29. The van der Waals surface area contributed by atoms with Gasteiger partial charge in [-0.05, 0) is 160 Å². The zero-order valence-corrected chi connectivity index (χ0v) is 49.9. The SMILES string of the molecule is C=CC(=O)OCCCCCCCCCCOc1ccc(C(=O)Oc2ccc(OC(=O)c3ccc(OCCCCCCCCCCOC(=O)C=C)cc3)c(C(=O)OCc3ccc(OC(=O)c4ccc(OCCCCCCOC(=O)C=C)cc4)cc3)c2)cc1. The van der Waals surface area contributed by atoms with Gasteiger partial charge in [-0.3, -0.25) is 0 Å². The lowest BCUT2D eigenvalue weighted by Gasteiger charge is -2.13. The summed E-state index contributed by atoms with van der Waals surface area (Å²) >= 11 is 0. The van der Waals surface area contributed by atoms with Gasteiger partial charge in [-0.25, -0.2) is 33.6 Å². The molecule has 0 unspecified atom stereocenters. The van der Waals surface area contributed by atoms with Crippen LogP contribution in [-0.4, -0.2) is 81.4 Å². The Morgan fingerprint density at radius 3 is 0.954 bits per heavy atom. The standard InChI is InChI=1S/C70H82O17/c1-4-64(71)81-48-24-17-13-9-7-11-15-21-45-78-58-39-31-55(32-40-58)68(75)86-61-43-44-63(87-69(76)56-33-41-59(42-34-56)79-46-22-16-12-8-10-14-18-25-49-82-65(72)5-2)62(51-61)70(77)84-52-53-27-35-60(36-28-53)85-67(74)54-29-37-57(38-30-54)80-47-23-19-20-26-50-83-66(73)6-3/h4-6,27-44,51H,1-3,7-26,45-50,52H2. The third-order valence-corrected chi connectivity index (χ3v) is 13.5. The van der Waals surface area contributed by atoms with E-state index in [1.807, 2.05) is 0 Å². The summed E-state index contributed by atoms with van der Waals surface area (Å²) in [5.41, 5.74) is 1.11. The minimum atomic E-state index is -0.878. The van der Waals surface area contributed by atoms with Gasteiger partial charge in [0.1, 0.15) is 46.7 Å². The summed E-state index contributed by atoms with van der Waals surface area (Å²) in [5.74, 6) is -2.22. The number of benzene rings is 5. The maximum Gasteiger partial charge on any atom is 0.343 e. The molecule has 0 fully saturated rings. The summed E-state index contributed by atoms with van der Waals surface area (Å²) in [5, 5.41) is 0. The quantitative estimate of drug-likeness (QED) is 0.0117. The van der Waals surface area contributed by atoms with Gasteiger partial charge >= 0.3 is 41.8 Å². The monoisotopic (exact) mass is 1190 g/mol. The lowest BCUT2D eigenvalue weighted by atomic mass is 10.1. The topological polar surface area (TPSA) is 212 Å². The van der Waals surface area contributed by atoms with Crippen LogP contribution in [0.3, 0.4) is 0 Å². The van der Waals surface area contributed by atoms with Gasteiger partial charge in [-0.15, -0.1) is 0 Å². The Bertz CT molecular complexity index is 2930. The molecule has 0 aromatic heterocycles. The van der Waals surface area contributed by atoms with Crippen LogP contribution in [0.4, 0.5) is 0 Å². The van der Waals surface area contributed by atoms with Crippen molar-refractivity contribution in [1.82, 2.24) is 0 Å². The van der Waals surface area contributed by atoms with Crippen molar-refractivity contribution in [3.8, 4) is 34.5 Å². The fourth-order valence-corrected chi connectivity index (χ4v) is 8.61. The van der Waals surface area contributed by atoms with Crippen LogP contribution in [0.1, 0.15) is 175 Å². The normalized spacial score (nSPS) is 10.6. The minimum Gasteiger partial charge on any atom is -0.494 e.